The van der Waals surface area contributed by atoms with E-state index < -0.39 is 6.10 Å². The molecular weight excluding hydrogens is 361 g/mol. The molecule has 4 rings (SSSR count). The number of para-hydroxylation sites is 1. The minimum atomic E-state index is -0.711. The van der Waals surface area contributed by atoms with Crippen molar-refractivity contribution in [3.05, 3.63) is 82.1 Å². The van der Waals surface area contributed by atoms with E-state index in [-0.39, 0.29) is 5.82 Å². The van der Waals surface area contributed by atoms with Gasteiger partial charge in [0.2, 0.25) is 0 Å². The highest BCUT2D eigenvalue weighted by Gasteiger charge is 2.23. The summed E-state index contributed by atoms with van der Waals surface area (Å²) in [5, 5.41) is 13.3. The Labute approximate surface area is 162 Å². The molecule has 1 aliphatic rings. The second kappa shape index (κ2) is 8.17. The molecular formula is C21H22FN3OS. The molecule has 0 spiro atoms. The summed E-state index contributed by atoms with van der Waals surface area (Å²) >= 11 is 1.46. The number of anilines is 1. The van der Waals surface area contributed by atoms with E-state index >= 15 is 0 Å². The second-order valence-electron chi connectivity index (χ2n) is 6.69. The Hall–Kier alpha value is -2.28. The molecule has 1 aromatic heterocycles. The number of aromatic nitrogens is 1. The number of piperazine rings is 1. The maximum absolute atomic E-state index is 13.9. The van der Waals surface area contributed by atoms with Gasteiger partial charge in [-0.05, 0) is 12.1 Å². The van der Waals surface area contributed by atoms with Crippen molar-refractivity contribution in [2.75, 3.05) is 31.1 Å². The SMILES string of the molecule is O[C@H](c1nccs1)c1ccccc1N1CCN(Cc2ccccc2F)CC1. The molecule has 1 aliphatic heterocycles. The van der Waals surface area contributed by atoms with E-state index in [0.717, 1.165) is 43.0 Å². The molecule has 0 amide bonds. The molecule has 1 fully saturated rings. The molecule has 0 aliphatic carbocycles. The number of hydrogen-bond acceptors (Lipinski definition) is 5. The average molecular weight is 383 g/mol. The molecule has 0 bridgehead atoms. The zero-order valence-corrected chi connectivity index (χ0v) is 15.8. The van der Waals surface area contributed by atoms with Crippen LogP contribution in [0.25, 0.3) is 0 Å². The zero-order valence-electron chi connectivity index (χ0n) is 15.0. The number of aliphatic hydroxyl groups excluding tert-OH is 1. The molecule has 6 heteroatoms. The van der Waals surface area contributed by atoms with Gasteiger partial charge < -0.3 is 10.0 Å². The summed E-state index contributed by atoms with van der Waals surface area (Å²) in [5.74, 6) is -0.142. The van der Waals surface area contributed by atoms with Crippen LogP contribution in [-0.4, -0.2) is 41.2 Å². The van der Waals surface area contributed by atoms with E-state index in [1.54, 1.807) is 12.3 Å². The van der Waals surface area contributed by atoms with Gasteiger partial charge in [-0.15, -0.1) is 11.3 Å². The summed E-state index contributed by atoms with van der Waals surface area (Å²) in [6, 6.07) is 14.9. The minimum Gasteiger partial charge on any atom is -0.381 e. The van der Waals surface area contributed by atoms with Crippen LogP contribution >= 0.6 is 11.3 Å². The quantitative estimate of drug-likeness (QED) is 0.730. The zero-order chi connectivity index (χ0) is 18.6. The lowest BCUT2D eigenvalue weighted by atomic mass is 10.1. The Morgan fingerprint density at radius 1 is 1.04 bits per heavy atom. The highest BCUT2D eigenvalue weighted by Crippen LogP contribution is 2.32. The molecule has 4 nitrogen and oxygen atoms in total. The number of hydrogen-bond donors (Lipinski definition) is 1. The fraction of sp³-hybridized carbons (Fsp3) is 0.286. The molecule has 1 saturated heterocycles. The van der Waals surface area contributed by atoms with E-state index in [1.807, 2.05) is 35.7 Å². The Morgan fingerprint density at radius 3 is 2.52 bits per heavy atom. The Kier molecular flexibility index (Phi) is 5.48. The first-order valence-corrected chi connectivity index (χ1v) is 9.97. The molecule has 1 atom stereocenters. The third-order valence-corrected chi connectivity index (χ3v) is 5.81. The van der Waals surface area contributed by atoms with Crippen LogP contribution < -0.4 is 4.90 Å². The minimum absolute atomic E-state index is 0.142. The number of thiazole rings is 1. The number of halogens is 1. The van der Waals surface area contributed by atoms with Gasteiger partial charge in [0.15, 0.2) is 0 Å². The van der Waals surface area contributed by atoms with Gasteiger partial charge in [0, 0.05) is 61.1 Å². The van der Waals surface area contributed by atoms with Crippen LogP contribution in [0.3, 0.4) is 0 Å². The van der Waals surface area contributed by atoms with Gasteiger partial charge in [0.05, 0.1) is 0 Å². The normalized spacial score (nSPS) is 16.4. The van der Waals surface area contributed by atoms with Gasteiger partial charge in [-0.3, -0.25) is 4.90 Å². The first-order chi connectivity index (χ1) is 13.2. The Morgan fingerprint density at radius 2 is 1.78 bits per heavy atom. The molecule has 0 saturated carbocycles. The third kappa shape index (κ3) is 4.03. The predicted molar refractivity (Wildman–Crippen MR) is 107 cm³/mol. The molecule has 2 aromatic carbocycles. The van der Waals surface area contributed by atoms with Crippen molar-refractivity contribution in [1.82, 2.24) is 9.88 Å². The molecule has 3 aromatic rings. The number of nitrogens with zero attached hydrogens (tertiary/aromatic N) is 3. The van der Waals surface area contributed by atoms with Crippen molar-refractivity contribution in [2.45, 2.75) is 12.6 Å². The lowest BCUT2D eigenvalue weighted by molar-refractivity contribution is 0.218. The van der Waals surface area contributed by atoms with Gasteiger partial charge in [-0.25, -0.2) is 9.37 Å². The van der Waals surface area contributed by atoms with Gasteiger partial charge in [0.25, 0.3) is 0 Å². The molecule has 140 valence electrons. The van der Waals surface area contributed by atoms with Crippen molar-refractivity contribution >= 4 is 17.0 Å². The van der Waals surface area contributed by atoms with Crippen molar-refractivity contribution in [2.24, 2.45) is 0 Å². The predicted octanol–water partition coefficient (Wildman–Crippen LogP) is 3.69. The number of benzene rings is 2. The lowest BCUT2D eigenvalue weighted by Crippen LogP contribution is -2.46. The van der Waals surface area contributed by atoms with Crippen molar-refractivity contribution in [3.8, 4) is 0 Å². The molecule has 27 heavy (non-hydrogen) atoms. The van der Waals surface area contributed by atoms with Gasteiger partial charge >= 0.3 is 0 Å². The van der Waals surface area contributed by atoms with Crippen LogP contribution in [0.1, 0.15) is 22.2 Å². The fourth-order valence-corrected chi connectivity index (χ4v) is 4.16. The highest BCUT2D eigenvalue weighted by atomic mass is 32.1. The summed E-state index contributed by atoms with van der Waals surface area (Å²) in [6.45, 7) is 4.03. The maximum Gasteiger partial charge on any atom is 0.132 e. The van der Waals surface area contributed by atoms with Crippen LogP contribution in [0.5, 0.6) is 0 Å². The van der Waals surface area contributed by atoms with Crippen LogP contribution in [0.4, 0.5) is 10.1 Å². The summed E-state index contributed by atoms with van der Waals surface area (Å²) in [6.07, 6.45) is 1.01. The summed E-state index contributed by atoms with van der Waals surface area (Å²) in [5.41, 5.74) is 2.67. The monoisotopic (exact) mass is 383 g/mol. The Bertz CT molecular complexity index is 879. The number of aliphatic hydroxyl groups is 1. The van der Waals surface area contributed by atoms with Crippen LogP contribution in [0, 0.1) is 5.82 Å². The van der Waals surface area contributed by atoms with E-state index in [4.69, 9.17) is 0 Å². The van der Waals surface area contributed by atoms with Crippen molar-refractivity contribution in [1.29, 1.82) is 0 Å². The van der Waals surface area contributed by atoms with E-state index in [1.165, 1.54) is 17.4 Å². The standard InChI is InChI=1S/C21H22FN3OS/c22-18-7-3-1-5-16(18)15-24-10-12-25(13-11-24)19-8-4-2-6-17(19)20(26)21-23-9-14-27-21/h1-9,14,20,26H,10-13,15H2/t20-/m0/s1. The van der Waals surface area contributed by atoms with Crippen LogP contribution in [0.2, 0.25) is 0 Å². The fourth-order valence-electron chi connectivity index (χ4n) is 3.52. The largest absolute Gasteiger partial charge is 0.381 e. The topological polar surface area (TPSA) is 39.6 Å². The van der Waals surface area contributed by atoms with Gasteiger partial charge in [-0.1, -0.05) is 36.4 Å². The van der Waals surface area contributed by atoms with Gasteiger partial charge in [-0.2, -0.15) is 0 Å². The smallest absolute Gasteiger partial charge is 0.132 e. The van der Waals surface area contributed by atoms with Crippen LogP contribution in [-0.2, 0) is 6.54 Å². The van der Waals surface area contributed by atoms with Crippen molar-refractivity contribution < 1.29 is 9.50 Å². The molecule has 2 heterocycles. The van der Waals surface area contributed by atoms with Crippen LogP contribution in [0.15, 0.2) is 60.1 Å². The Balaban J connectivity index is 1.45. The van der Waals surface area contributed by atoms with Gasteiger partial charge in [0.1, 0.15) is 16.9 Å². The highest BCUT2D eigenvalue weighted by molar-refractivity contribution is 7.09. The third-order valence-electron chi connectivity index (χ3n) is 4.98. The summed E-state index contributed by atoms with van der Waals surface area (Å²) < 4.78 is 13.9. The van der Waals surface area contributed by atoms with E-state index in [0.29, 0.717) is 11.6 Å². The number of rotatable bonds is 5. The van der Waals surface area contributed by atoms with Crippen molar-refractivity contribution in [3.63, 3.8) is 0 Å². The average Bonchev–Trinajstić information content (AvgIpc) is 3.25. The second-order valence-corrected chi connectivity index (χ2v) is 7.61. The molecule has 0 unspecified atom stereocenters. The van der Waals surface area contributed by atoms with E-state index in [2.05, 4.69) is 20.9 Å². The summed E-state index contributed by atoms with van der Waals surface area (Å²) in [7, 11) is 0. The lowest BCUT2D eigenvalue weighted by Gasteiger charge is -2.37. The van der Waals surface area contributed by atoms with E-state index in [9.17, 15) is 9.50 Å². The molecule has 0 radical (unpaired) electrons. The first-order valence-electron chi connectivity index (χ1n) is 9.09. The first kappa shape index (κ1) is 18.1. The molecule has 1 N–H and O–H groups in total. The maximum atomic E-state index is 13.9. The summed E-state index contributed by atoms with van der Waals surface area (Å²) in [4.78, 5) is 8.82.